The normalized spacial score (nSPS) is 17.2. The molecule has 2 aromatic heterocycles. The minimum atomic E-state index is -2.39. The zero-order valence-electron chi connectivity index (χ0n) is 19.9. The molecule has 0 spiro atoms. The molecular formula is C22H24Cl2FN5O. The molecule has 0 bridgehead atoms. The van der Waals surface area contributed by atoms with Crippen LogP contribution in [-0.4, -0.2) is 46.8 Å². The number of nitrogen functional groups attached to an aromatic ring is 1. The minimum Gasteiger partial charge on any atom is -0.489 e. The highest BCUT2D eigenvalue weighted by molar-refractivity contribution is 6.36. The van der Waals surface area contributed by atoms with Crippen LogP contribution in [0.5, 0.6) is 5.75 Å². The predicted molar refractivity (Wildman–Crippen MR) is 121 cm³/mol. The predicted octanol–water partition coefficient (Wildman–Crippen LogP) is 4.93. The summed E-state index contributed by atoms with van der Waals surface area (Å²) in [5.41, 5.74) is 8.20. The van der Waals surface area contributed by atoms with Crippen molar-refractivity contribution in [2.24, 2.45) is 0 Å². The van der Waals surface area contributed by atoms with Gasteiger partial charge in [-0.15, -0.1) is 0 Å². The lowest BCUT2D eigenvalue weighted by atomic mass is 9.89. The number of halogens is 3. The van der Waals surface area contributed by atoms with E-state index < -0.39 is 18.8 Å². The van der Waals surface area contributed by atoms with Crippen LogP contribution in [0, 0.1) is 5.82 Å². The third-order valence-corrected chi connectivity index (χ3v) is 6.23. The van der Waals surface area contributed by atoms with E-state index in [0.29, 0.717) is 5.56 Å². The Kier molecular flexibility index (Phi) is 5.55. The maximum Gasteiger partial charge on any atom is 0.169 e. The molecule has 3 aromatic rings. The molecule has 1 fully saturated rings. The van der Waals surface area contributed by atoms with Crippen molar-refractivity contribution in [1.29, 1.82) is 0 Å². The quantitative estimate of drug-likeness (QED) is 0.503. The summed E-state index contributed by atoms with van der Waals surface area (Å²) in [5, 5.41) is 6.88. The van der Waals surface area contributed by atoms with Crippen LogP contribution in [0.25, 0.3) is 11.1 Å². The highest BCUT2D eigenvalue weighted by atomic mass is 35.5. The average molecular weight is 467 g/mol. The van der Waals surface area contributed by atoms with Crippen LogP contribution in [0.1, 0.15) is 34.1 Å². The number of likely N-dealkylation sites (tertiary alicyclic amines) is 1. The number of nitrogens with one attached hydrogen (secondary N) is 1. The lowest BCUT2D eigenvalue weighted by molar-refractivity contribution is 0.253. The van der Waals surface area contributed by atoms with E-state index in [2.05, 4.69) is 27.1 Å². The molecule has 0 atom stereocenters. The minimum absolute atomic E-state index is 0.00507. The first kappa shape index (κ1) is 18.2. The number of aromatic nitrogens is 3. The molecule has 1 aliphatic rings. The fraction of sp³-hybridized carbons (Fsp3) is 0.364. The Morgan fingerprint density at radius 2 is 2.13 bits per heavy atom. The van der Waals surface area contributed by atoms with E-state index in [9.17, 15) is 4.39 Å². The van der Waals surface area contributed by atoms with Crippen molar-refractivity contribution >= 4 is 29.0 Å². The van der Waals surface area contributed by atoms with Crippen molar-refractivity contribution in [3.05, 3.63) is 57.7 Å². The molecule has 6 nitrogen and oxygen atoms in total. The lowest BCUT2D eigenvalue weighted by Crippen LogP contribution is -2.29. The van der Waals surface area contributed by atoms with Gasteiger partial charge in [-0.2, -0.15) is 5.10 Å². The fourth-order valence-corrected chi connectivity index (χ4v) is 4.23. The molecule has 3 N–H and O–H groups in total. The van der Waals surface area contributed by atoms with Gasteiger partial charge in [0.25, 0.3) is 0 Å². The maximum absolute atomic E-state index is 14.1. The van der Waals surface area contributed by atoms with Crippen LogP contribution in [-0.2, 0) is 6.42 Å². The highest BCUT2D eigenvalue weighted by Gasteiger charge is 2.25. The number of rotatable bonds is 6. The van der Waals surface area contributed by atoms with E-state index in [4.69, 9.17) is 37.8 Å². The molecule has 31 heavy (non-hydrogen) atoms. The van der Waals surface area contributed by atoms with Gasteiger partial charge in [-0.05, 0) is 56.7 Å². The van der Waals surface area contributed by atoms with Gasteiger partial charge in [-0.3, -0.25) is 5.10 Å². The monoisotopic (exact) mass is 466 g/mol. The Hall–Kier alpha value is -2.35. The Morgan fingerprint density at radius 3 is 2.90 bits per heavy atom. The second-order valence-electron chi connectivity index (χ2n) is 7.50. The Bertz CT molecular complexity index is 1180. The Morgan fingerprint density at radius 1 is 1.35 bits per heavy atom. The van der Waals surface area contributed by atoms with Gasteiger partial charge in [0.2, 0.25) is 0 Å². The topological polar surface area (TPSA) is 80.1 Å². The number of piperidine rings is 1. The third-order valence-electron chi connectivity index (χ3n) is 5.49. The first-order valence-corrected chi connectivity index (χ1v) is 10.6. The molecule has 1 aliphatic heterocycles. The number of nitrogens with two attached hydrogens (primary N) is 1. The molecule has 0 aliphatic carbocycles. The fourth-order valence-electron chi connectivity index (χ4n) is 3.75. The Balaban J connectivity index is 1.68. The van der Waals surface area contributed by atoms with E-state index in [1.54, 1.807) is 12.3 Å². The first-order chi connectivity index (χ1) is 16.1. The van der Waals surface area contributed by atoms with Crippen LogP contribution in [0.2, 0.25) is 10.0 Å². The number of nitrogens with zero attached hydrogens (tertiary/aromatic N) is 3. The summed E-state index contributed by atoms with van der Waals surface area (Å²) in [4.78, 5) is 6.33. The number of H-pyrrole nitrogens is 1. The van der Waals surface area contributed by atoms with Crippen molar-refractivity contribution < 1.29 is 13.2 Å². The summed E-state index contributed by atoms with van der Waals surface area (Å²) < 4.78 is 44.5. The number of hydrogen-bond donors (Lipinski definition) is 2. The molecule has 0 amide bonds. The number of ether oxygens (including phenoxy) is 1. The van der Waals surface area contributed by atoms with Crippen LogP contribution in [0.4, 0.5) is 10.2 Å². The van der Waals surface area contributed by atoms with Crippen molar-refractivity contribution in [3.63, 3.8) is 0 Å². The van der Waals surface area contributed by atoms with Crippen molar-refractivity contribution in [1.82, 2.24) is 20.1 Å². The summed E-state index contributed by atoms with van der Waals surface area (Å²) in [6, 6.07) is 2.28. The maximum atomic E-state index is 14.1. The summed E-state index contributed by atoms with van der Waals surface area (Å²) in [7, 11) is 2.08. The lowest BCUT2D eigenvalue weighted by Gasteiger charge is -2.28. The van der Waals surface area contributed by atoms with Crippen molar-refractivity contribution in [2.75, 3.05) is 32.4 Å². The molecular weight excluding hydrogens is 440 g/mol. The van der Waals surface area contributed by atoms with Gasteiger partial charge in [-0.1, -0.05) is 23.2 Å². The second kappa shape index (κ2) is 9.42. The SMILES string of the molecule is [2H]c1cc(F)c(Cl)c(CC([2H])([2H])Oc2c(-c3c[nH]nc3C3CCN(C)CC3)ccnc2N)c1Cl. The largest absolute Gasteiger partial charge is 0.489 e. The van der Waals surface area contributed by atoms with Crippen LogP contribution >= 0.6 is 23.2 Å². The van der Waals surface area contributed by atoms with Gasteiger partial charge >= 0.3 is 0 Å². The molecule has 9 heteroatoms. The molecule has 1 aromatic carbocycles. The van der Waals surface area contributed by atoms with Crippen molar-refractivity contribution in [2.45, 2.75) is 25.2 Å². The van der Waals surface area contributed by atoms with Gasteiger partial charge in [0.05, 0.1) is 21.4 Å². The molecule has 0 unspecified atom stereocenters. The molecule has 0 saturated carbocycles. The smallest absolute Gasteiger partial charge is 0.169 e. The van der Waals surface area contributed by atoms with E-state index >= 15 is 0 Å². The zero-order chi connectivity index (χ0) is 24.6. The number of hydrogen-bond acceptors (Lipinski definition) is 5. The first-order valence-electron chi connectivity index (χ1n) is 11.4. The van der Waals surface area contributed by atoms with Gasteiger partial charge in [0.1, 0.15) is 5.82 Å². The average Bonchev–Trinajstić information content (AvgIpc) is 3.27. The van der Waals surface area contributed by atoms with Gasteiger partial charge in [-0.25, -0.2) is 9.37 Å². The standard InChI is InChI=1S/C22H24Cl2FN5O/c1-30-9-5-13(6-10-30)20-16(12-28-29-20)14-4-8-27-22(26)21(14)31-11-7-15-17(23)2-3-18(25)19(15)24/h2-4,8,12-13H,5-7,9-11H2,1H3,(H2,26,27)(H,28,29)/i2D,11D2. The highest BCUT2D eigenvalue weighted by Crippen LogP contribution is 2.39. The molecule has 1 saturated heterocycles. The number of aromatic amines is 1. The van der Waals surface area contributed by atoms with E-state index in [0.717, 1.165) is 43.3 Å². The van der Waals surface area contributed by atoms with Gasteiger partial charge in [0, 0.05) is 40.9 Å². The number of benzene rings is 1. The third kappa shape index (κ3) is 4.63. The van der Waals surface area contributed by atoms with E-state index in [1.165, 1.54) is 6.20 Å². The van der Waals surface area contributed by atoms with Crippen LogP contribution < -0.4 is 10.5 Å². The number of pyridine rings is 1. The van der Waals surface area contributed by atoms with Gasteiger partial charge < -0.3 is 15.4 Å². The summed E-state index contributed by atoms with van der Waals surface area (Å²) in [5.74, 6) is -0.589. The number of anilines is 1. The summed E-state index contributed by atoms with van der Waals surface area (Å²) in [6.07, 6.45) is 4.63. The summed E-state index contributed by atoms with van der Waals surface area (Å²) in [6.45, 7) is -0.486. The zero-order valence-corrected chi connectivity index (χ0v) is 18.4. The molecule has 0 radical (unpaired) electrons. The molecule has 3 heterocycles. The van der Waals surface area contributed by atoms with Crippen LogP contribution in [0.15, 0.2) is 30.6 Å². The Labute approximate surface area is 194 Å². The van der Waals surface area contributed by atoms with Crippen molar-refractivity contribution in [3.8, 4) is 16.9 Å². The second-order valence-corrected chi connectivity index (χ2v) is 8.26. The molecule has 4 rings (SSSR count). The molecule has 164 valence electrons. The van der Waals surface area contributed by atoms with Gasteiger partial charge in [0.15, 0.2) is 11.6 Å². The summed E-state index contributed by atoms with van der Waals surface area (Å²) >= 11 is 12.1. The van der Waals surface area contributed by atoms with E-state index in [-0.39, 0.29) is 39.1 Å². The van der Waals surface area contributed by atoms with E-state index in [1.807, 2.05) is 0 Å². The van der Waals surface area contributed by atoms with Crippen LogP contribution in [0.3, 0.4) is 0 Å².